The third-order valence-electron chi connectivity index (χ3n) is 1.92. The molecule has 1 aromatic heterocycles. The molecule has 16 heavy (non-hydrogen) atoms. The van der Waals surface area contributed by atoms with Gasteiger partial charge in [0.1, 0.15) is 5.69 Å². The van der Waals surface area contributed by atoms with Gasteiger partial charge in [-0.2, -0.15) is 0 Å². The maximum Gasteiger partial charge on any atom is 0.309 e. The van der Waals surface area contributed by atoms with Crippen LogP contribution in [0.5, 0.6) is 0 Å². The van der Waals surface area contributed by atoms with Crippen molar-refractivity contribution in [3.8, 4) is 0 Å². The molecule has 88 valence electrons. The van der Waals surface area contributed by atoms with E-state index >= 15 is 0 Å². The summed E-state index contributed by atoms with van der Waals surface area (Å²) in [6.07, 6.45) is -3.27. The highest BCUT2D eigenvalue weighted by Gasteiger charge is 2.17. The van der Waals surface area contributed by atoms with Crippen molar-refractivity contribution in [3.05, 3.63) is 28.0 Å². The van der Waals surface area contributed by atoms with Gasteiger partial charge in [-0.1, -0.05) is 11.6 Å². The Morgan fingerprint density at radius 1 is 1.62 bits per heavy atom. The maximum absolute atomic E-state index is 12.4. The molecule has 1 rings (SSSR count). The van der Waals surface area contributed by atoms with Crippen molar-refractivity contribution >= 4 is 17.6 Å². The highest BCUT2D eigenvalue weighted by atomic mass is 35.5. The normalized spacial score (nSPS) is 10.8. The van der Waals surface area contributed by atoms with Crippen LogP contribution in [0, 0.1) is 0 Å². The SMILES string of the molecule is NCc1c(Cl)cc(C(F)F)nc1CC(=O)O. The number of carboxylic acid groups (broad SMARTS) is 1. The summed E-state index contributed by atoms with van der Waals surface area (Å²) >= 11 is 5.72. The summed E-state index contributed by atoms with van der Waals surface area (Å²) in [4.78, 5) is 14.1. The van der Waals surface area contributed by atoms with E-state index in [9.17, 15) is 13.6 Å². The molecule has 0 fully saturated rings. The fourth-order valence-corrected chi connectivity index (χ4v) is 1.52. The van der Waals surface area contributed by atoms with Gasteiger partial charge in [0.25, 0.3) is 6.43 Å². The fraction of sp³-hybridized carbons (Fsp3) is 0.333. The van der Waals surface area contributed by atoms with E-state index in [4.69, 9.17) is 22.4 Å². The standard InChI is InChI=1S/C9H9ClF2N2O2/c10-5-1-7(9(11)12)14-6(2-8(15)16)4(5)3-13/h1,9H,2-3,13H2,(H,15,16). The monoisotopic (exact) mass is 250 g/mol. The summed E-state index contributed by atoms with van der Waals surface area (Å²) in [5.74, 6) is -1.18. The number of hydrogen-bond acceptors (Lipinski definition) is 3. The van der Waals surface area contributed by atoms with Crippen molar-refractivity contribution in [1.29, 1.82) is 0 Å². The molecule has 7 heteroatoms. The van der Waals surface area contributed by atoms with Crippen molar-refractivity contribution < 1.29 is 18.7 Å². The van der Waals surface area contributed by atoms with Gasteiger partial charge in [0.05, 0.1) is 12.1 Å². The molecule has 0 saturated heterocycles. The minimum atomic E-state index is -2.79. The lowest BCUT2D eigenvalue weighted by atomic mass is 10.1. The van der Waals surface area contributed by atoms with Gasteiger partial charge in [-0.25, -0.2) is 8.78 Å². The van der Waals surface area contributed by atoms with E-state index in [0.717, 1.165) is 6.07 Å². The van der Waals surface area contributed by atoms with E-state index in [1.807, 2.05) is 0 Å². The number of pyridine rings is 1. The molecule has 0 spiro atoms. The van der Waals surface area contributed by atoms with Gasteiger partial charge in [-0.3, -0.25) is 9.78 Å². The van der Waals surface area contributed by atoms with Crippen LogP contribution in [0.3, 0.4) is 0 Å². The van der Waals surface area contributed by atoms with Crippen molar-refractivity contribution in [1.82, 2.24) is 4.98 Å². The van der Waals surface area contributed by atoms with Crippen LogP contribution in [0.4, 0.5) is 8.78 Å². The second kappa shape index (κ2) is 5.18. The van der Waals surface area contributed by atoms with Gasteiger partial charge in [0.15, 0.2) is 0 Å². The Kier molecular flexibility index (Phi) is 4.14. The number of nitrogens with zero attached hydrogens (tertiary/aromatic N) is 1. The average Bonchev–Trinajstić information content (AvgIpc) is 2.16. The molecule has 0 atom stereocenters. The lowest BCUT2D eigenvalue weighted by molar-refractivity contribution is -0.136. The largest absolute Gasteiger partial charge is 0.481 e. The first-order valence-corrected chi connectivity index (χ1v) is 4.71. The van der Waals surface area contributed by atoms with Gasteiger partial charge in [-0.15, -0.1) is 0 Å². The summed E-state index contributed by atoms with van der Waals surface area (Å²) in [6.45, 7) is -0.0437. The molecule has 1 aromatic rings. The quantitative estimate of drug-likeness (QED) is 0.854. The van der Waals surface area contributed by atoms with Gasteiger partial charge >= 0.3 is 5.97 Å². The molecule has 0 aliphatic carbocycles. The zero-order valence-electron chi connectivity index (χ0n) is 8.08. The Morgan fingerprint density at radius 3 is 2.69 bits per heavy atom. The number of nitrogens with two attached hydrogens (primary N) is 1. The smallest absolute Gasteiger partial charge is 0.309 e. The molecule has 0 aliphatic heterocycles. The van der Waals surface area contributed by atoms with E-state index in [-0.39, 0.29) is 22.8 Å². The number of aliphatic carboxylic acids is 1. The number of rotatable bonds is 4. The molecule has 0 bridgehead atoms. The topological polar surface area (TPSA) is 76.2 Å². The van der Waals surface area contributed by atoms with E-state index in [1.54, 1.807) is 0 Å². The van der Waals surface area contributed by atoms with E-state index in [0.29, 0.717) is 0 Å². The van der Waals surface area contributed by atoms with Gasteiger partial charge < -0.3 is 10.8 Å². The lowest BCUT2D eigenvalue weighted by Gasteiger charge is -2.09. The summed E-state index contributed by atoms with van der Waals surface area (Å²) in [5.41, 5.74) is 5.08. The number of carbonyl (C=O) groups is 1. The molecule has 0 unspecified atom stereocenters. The van der Waals surface area contributed by atoms with E-state index < -0.39 is 24.5 Å². The Morgan fingerprint density at radius 2 is 2.25 bits per heavy atom. The highest BCUT2D eigenvalue weighted by molar-refractivity contribution is 6.31. The van der Waals surface area contributed by atoms with Gasteiger partial charge in [0.2, 0.25) is 0 Å². The summed E-state index contributed by atoms with van der Waals surface area (Å²) in [7, 11) is 0. The molecule has 4 nitrogen and oxygen atoms in total. The third-order valence-corrected chi connectivity index (χ3v) is 2.26. The molecule has 0 amide bonds. The predicted octanol–water partition coefficient (Wildman–Crippen LogP) is 1.76. The van der Waals surface area contributed by atoms with Crippen LogP contribution >= 0.6 is 11.6 Å². The van der Waals surface area contributed by atoms with Crippen LogP contribution in [0.25, 0.3) is 0 Å². The zero-order chi connectivity index (χ0) is 12.3. The Bertz CT molecular complexity index is 413. The van der Waals surface area contributed by atoms with E-state index in [1.165, 1.54) is 0 Å². The van der Waals surface area contributed by atoms with E-state index in [2.05, 4.69) is 4.98 Å². The fourth-order valence-electron chi connectivity index (χ4n) is 1.23. The first-order chi connectivity index (χ1) is 7.45. The van der Waals surface area contributed by atoms with Crippen LogP contribution in [0.15, 0.2) is 6.07 Å². The van der Waals surface area contributed by atoms with Crippen molar-refractivity contribution in [2.24, 2.45) is 5.73 Å². The van der Waals surface area contributed by atoms with Crippen molar-refractivity contribution in [2.75, 3.05) is 0 Å². The van der Waals surface area contributed by atoms with Crippen LogP contribution in [0.1, 0.15) is 23.4 Å². The Labute approximate surface area is 95.0 Å². The lowest BCUT2D eigenvalue weighted by Crippen LogP contribution is -2.11. The number of carboxylic acids is 1. The minimum absolute atomic E-state index is 0.0159. The summed E-state index contributed by atoms with van der Waals surface area (Å²) < 4.78 is 24.8. The average molecular weight is 251 g/mol. The van der Waals surface area contributed by atoms with Crippen LogP contribution in [-0.4, -0.2) is 16.1 Å². The second-order valence-electron chi connectivity index (χ2n) is 3.03. The highest BCUT2D eigenvalue weighted by Crippen LogP contribution is 2.25. The van der Waals surface area contributed by atoms with Crippen LogP contribution in [0.2, 0.25) is 5.02 Å². The zero-order valence-corrected chi connectivity index (χ0v) is 8.84. The second-order valence-corrected chi connectivity index (χ2v) is 3.44. The Balaban J connectivity index is 3.24. The third kappa shape index (κ3) is 2.86. The molecule has 0 aliphatic rings. The molecule has 0 radical (unpaired) electrons. The molecule has 1 heterocycles. The van der Waals surface area contributed by atoms with Crippen molar-refractivity contribution in [2.45, 2.75) is 19.4 Å². The summed E-state index contributed by atoms with van der Waals surface area (Å²) in [5, 5.41) is 8.61. The van der Waals surface area contributed by atoms with Crippen LogP contribution in [-0.2, 0) is 17.8 Å². The Hall–Kier alpha value is -1.27. The van der Waals surface area contributed by atoms with Gasteiger partial charge in [0, 0.05) is 17.1 Å². The first kappa shape index (κ1) is 12.8. The number of aromatic nitrogens is 1. The molecular weight excluding hydrogens is 242 g/mol. The number of alkyl halides is 2. The maximum atomic E-state index is 12.4. The summed E-state index contributed by atoms with van der Waals surface area (Å²) in [6, 6.07) is 1.000. The number of hydrogen-bond donors (Lipinski definition) is 2. The molecular formula is C9H9ClF2N2O2. The molecule has 3 N–H and O–H groups in total. The van der Waals surface area contributed by atoms with Crippen molar-refractivity contribution in [3.63, 3.8) is 0 Å². The molecule has 0 saturated carbocycles. The molecule has 0 aromatic carbocycles. The first-order valence-electron chi connectivity index (χ1n) is 4.34. The minimum Gasteiger partial charge on any atom is -0.481 e. The number of halogens is 3. The predicted molar refractivity (Wildman–Crippen MR) is 53.4 cm³/mol. The van der Waals surface area contributed by atoms with Gasteiger partial charge in [-0.05, 0) is 6.07 Å². The van der Waals surface area contributed by atoms with Crippen LogP contribution < -0.4 is 5.73 Å².